The van der Waals surface area contributed by atoms with Crippen LogP contribution in [0.4, 0.5) is 0 Å². The Morgan fingerprint density at radius 1 is 1.57 bits per heavy atom. The molecule has 2 aliphatic heterocycles. The number of esters is 1. The summed E-state index contributed by atoms with van der Waals surface area (Å²) in [7, 11) is 1.51. The Bertz CT molecular complexity index is 327. The van der Waals surface area contributed by atoms with Crippen LogP contribution in [0.2, 0.25) is 0 Å². The minimum Gasteiger partial charge on any atom is -0.494 e. The van der Waals surface area contributed by atoms with E-state index in [1.807, 2.05) is 6.92 Å². The summed E-state index contributed by atoms with van der Waals surface area (Å²) in [6.07, 6.45) is 2.28. The van der Waals surface area contributed by atoms with Crippen molar-refractivity contribution in [3.8, 4) is 0 Å². The number of carbonyl (C=O) groups excluding carboxylic acids is 1. The van der Waals surface area contributed by atoms with E-state index in [1.54, 1.807) is 0 Å². The highest BCUT2D eigenvalue weighted by Gasteiger charge is 2.31. The molecule has 76 valence electrons. The monoisotopic (exact) mass is 196 g/mol. The standard InChI is InChI=1S/C10H12O4/c1-6-3-4-13-9(6)10-7(12-2)5-8(11)14-10/h5-6H,3-4H2,1-2H3/b10-9+. The molecule has 4 nitrogen and oxygen atoms in total. The first-order valence-electron chi connectivity index (χ1n) is 4.57. The molecule has 0 bridgehead atoms. The van der Waals surface area contributed by atoms with Gasteiger partial charge in [-0.15, -0.1) is 0 Å². The summed E-state index contributed by atoms with van der Waals surface area (Å²) in [4.78, 5) is 11.0. The second-order valence-corrected chi connectivity index (χ2v) is 3.37. The predicted octanol–water partition coefficient (Wildman–Crippen LogP) is 1.34. The maximum Gasteiger partial charge on any atom is 0.340 e. The summed E-state index contributed by atoms with van der Waals surface area (Å²) in [5.41, 5.74) is 0. The maximum atomic E-state index is 11.0. The molecule has 2 heterocycles. The third kappa shape index (κ3) is 1.36. The quantitative estimate of drug-likeness (QED) is 0.594. The molecule has 0 aliphatic carbocycles. The average molecular weight is 196 g/mol. The molecule has 0 aromatic heterocycles. The molecule has 0 aromatic rings. The molecule has 2 rings (SSSR count). The van der Waals surface area contributed by atoms with Crippen LogP contribution in [0.1, 0.15) is 13.3 Å². The highest BCUT2D eigenvalue weighted by atomic mass is 16.6. The van der Waals surface area contributed by atoms with Crippen LogP contribution in [-0.2, 0) is 19.0 Å². The predicted molar refractivity (Wildman–Crippen MR) is 47.9 cm³/mol. The minimum absolute atomic E-state index is 0.287. The van der Waals surface area contributed by atoms with Crippen LogP contribution in [0.25, 0.3) is 0 Å². The van der Waals surface area contributed by atoms with Gasteiger partial charge >= 0.3 is 5.97 Å². The van der Waals surface area contributed by atoms with Gasteiger partial charge in [-0.25, -0.2) is 4.79 Å². The number of hydrogen-bond acceptors (Lipinski definition) is 4. The van der Waals surface area contributed by atoms with Gasteiger partial charge in [-0.3, -0.25) is 0 Å². The molecule has 4 heteroatoms. The second kappa shape index (κ2) is 3.36. The normalized spacial score (nSPS) is 31.1. The van der Waals surface area contributed by atoms with E-state index in [4.69, 9.17) is 14.2 Å². The minimum atomic E-state index is -0.396. The van der Waals surface area contributed by atoms with Crippen molar-refractivity contribution in [3.05, 3.63) is 23.4 Å². The number of methoxy groups -OCH3 is 1. The van der Waals surface area contributed by atoms with Crippen LogP contribution in [0.15, 0.2) is 23.4 Å². The Hall–Kier alpha value is -1.45. The van der Waals surface area contributed by atoms with Gasteiger partial charge < -0.3 is 14.2 Å². The SMILES string of the molecule is COC1=CC(=O)O/C1=C1/OCCC1C. The molecule has 0 N–H and O–H groups in total. The van der Waals surface area contributed by atoms with E-state index >= 15 is 0 Å². The zero-order valence-corrected chi connectivity index (χ0v) is 8.20. The van der Waals surface area contributed by atoms with Gasteiger partial charge in [0.15, 0.2) is 5.76 Å². The van der Waals surface area contributed by atoms with Crippen molar-refractivity contribution >= 4 is 5.97 Å². The fourth-order valence-corrected chi connectivity index (χ4v) is 1.58. The van der Waals surface area contributed by atoms with Gasteiger partial charge in [0.25, 0.3) is 0 Å². The Morgan fingerprint density at radius 3 is 2.93 bits per heavy atom. The van der Waals surface area contributed by atoms with Crippen molar-refractivity contribution in [1.82, 2.24) is 0 Å². The van der Waals surface area contributed by atoms with Crippen molar-refractivity contribution in [2.24, 2.45) is 5.92 Å². The molecular weight excluding hydrogens is 184 g/mol. The van der Waals surface area contributed by atoms with Crippen LogP contribution in [-0.4, -0.2) is 19.7 Å². The second-order valence-electron chi connectivity index (χ2n) is 3.37. The van der Waals surface area contributed by atoms with Gasteiger partial charge in [-0.1, -0.05) is 6.92 Å². The molecule has 0 saturated carbocycles. The molecule has 1 unspecified atom stereocenters. The van der Waals surface area contributed by atoms with Crippen LogP contribution >= 0.6 is 0 Å². The topological polar surface area (TPSA) is 44.8 Å². The van der Waals surface area contributed by atoms with E-state index < -0.39 is 5.97 Å². The smallest absolute Gasteiger partial charge is 0.340 e. The summed E-state index contributed by atoms with van der Waals surface area (Å²) < 4.78 is 15.5. The molecular formula is C10H12O4. The van der Waals surface area contributed by atoms with Gasteiger partial charge in [-0.2, -0.15) is 0 Å². The Labute approximate surface area is 82.1 Å². The van der Waals surface area contributed by atoms with E-state index in [-0.39, 0.29) is 5.92 Å². The number of carbonyl (C=O) groups is 1. The molecule has 0 spiro atoms. The van der Waals surface area contributed by atoms with E-state index in [9.17, 15) is 4.79 Å². The average Bonchev–Trinajstić information content (AvgIpc) is 2.71. The number of allylic oxidation sites excluding steroid dienone is 1. The molecule has 0 amide bonds. The summed E-state index contributed by atoms with van der Waals surface area (Å²) >= 11 is 0. The molecule has 2 aliphatic rings. The molecule has 1 atom stereocenters. The van der Waals surface area contributed by atoms with Crippen LogP contribution in [0.3, 0.4) is 0 Å². The van der Waals surface area contributed by atoms with Gasteiger partial charge in [0.05, 0.1) is 19.8 Å². The Kier molecular flexibility index (Phi) is 2.19. The maximum absolute atomic E-state index is 11.0. The molecule has 0 radical (unpaired) electrons. The first-order chi connectivity index (χ1) is 6.72. The zero-order chi connectivity index (χ0) is 10.1. The van der Waals surface area contributed by atoms with E-state index in [2.05, 4.69) is 0 Å². The van der Waals surface area contributed by atoms with Crippen molar-refractivity contribution < 1.29 is 19.0 Å². The van der Waals surface area contributed by atoms with Gasteiger partial charge in [-0.05, 0) is 6.42 Å². The lowest BCUT2D eigenvalue weighted by molar-refractivity contribution is -0.132. The molecule has 1 fully saturated rings. The van der Waals surface area contributed by atoms with E-state index in [0.29, 0.717) is 18.1 Å². The van der Waals surface area contributed by atoms with Crippen LogP contribution < -0.4 is 0 Å². The van der Waals surface area contributed by atoms with Gasteiger partial charge in [0.1, 0.15) is 5.76 Å². The first-order valence-corrected chi connectivity index (χ1v) is 4.57. The van der Waals surface area contributed by atoms with E-state index in [0.717, 1.165) is 12.2 Å². The van der Waals surface area contributed by atoms with Crippen LogP contribution in [0, 0.1) is 5.92 Å². The number of cyclic esters (lactones) is 1. The Balaban J connectivity index is 2.34. The summed E-state index contributed by atoms with van der Waals surface area (Å²) in [5.74, 6) is 1.52. The lowest BCUT2D eigenvalue weighted by Gasteiger charge is -2.09. The van der Waals surface area contributed by atoms with Crippen molar-refractivity contribution in [1.29, 1.82) is 0 Å². The number of ether oxygens (including phenoxy) is 3. The molecule has 0 aromatic carbocycles. The van der Waals surface area contributed by atoms with Gasteiger partial charge in [0.2, 0.25) is 5.76 Å². The van der Waals surface area contributed by atoms with Crippen LogP contribution in [0.5, 0.6) is 0 Å². The molecule has 14 heavy (non-hydrogen) atoms. The fourth-order valence-electron chi connectivity index (χ4n) is 1.58. The van der Waals surface area contributed by atoms with E-state index in [1.165, 1.54) is 13.2 Å². The van der Waals surface area contributed by atoms with Gasteiger partial charge in [0, 0.05) is 5.92 Å². The largest absolute Gasteiger partial charge is 0.494 e. The lowest BCUT2D eigenvalue weighted by Crippen LogP contribution is -2.01. The van der Waals surface area contributed by atoms with Crippen molar-refractivity contribution in [2.45, 2.75) is 13.3 Å². The fraction of sp³-hybridized carbons (Fsp3) is 0.500. The number of hydrogen-bond donors (Lipinski definition) is 0. The lowest BCUT2D eigenvalue weighted by atomic mass is 10.1. The zero-order valence-electron chi connectivity index (χ0n) is 8.20. The third-order valence-corrected chi connectivity index (χ3v) is 2.38. The Morgan fingerprint density at radius 2 is 2.36 bits per heavy atom. The third-order valence-electron chi connectivity index (χ3n) is 2.38. The van der Waals surface area contributed by atoms with Crippen molar-refractivity contribution in [2.75, 3.05) is 13.7 Å². The molecule has 1 saturated heterocycles. The highest BCUT2D eigenvalue weighted by Crippen LogP contribution is 2.33. The van der Waals surface area contributed by atoms with Crippen molar-refractivity contribution in [3.63, 3.8) is 0 Å². The first kappa shape index (κ1) is 9.12. The summed E-state index contributed by atoms with van der Waals surface area (Å²) in [6.45, 7) is 2.71. The highest BCUT2D eigenvalue weighted by molar-refractivity contribution is 5.87. The number of rotatable bonds is 1. The summed E-state index contributed by atoms with van der Waals surface area (Å²) in [5, 5.41) is 0. The summed E-state index contributed by atoms with van der Waals surface area (Å²) in [6, 6.07) is 0.